The summed E-state index contributed by atoms with van der Waals surface area (Å²) >= 11 is 0. The van der Waals surface area contributed by atoms with Crippen LogP contribution in [0.2, 0.25) is 0 Å². The Morgan fingerprint density at radius 2 is 1.86 bits per heavy atom. The summed E-state index contributed by atoms with van der Waals surface area (Å²) in [6, 6.07) is 2.73. The van der Waals surface area contributed by atoms with Crippen LogP contribution in [0.4, 0.5) is 4.39 Å². The minimum atomic E-state index is -3.91. The predicted molar refractivity (Wildman–Crippen MR) is 108 cm³/mol. The Bertz CT molecular complexity index is 873. The topological polar surface area (TPSA) is 75.7 Å². The lowest BCUT2D eigenvalue weighted by Gasteiger charge is -2.29. The molecule has 2 saturated carbocycles. The van der Waals surface area contributed by atoms with E-state index in [1.54, 1.807) is 0 Å². The number of hydrogen-bond donors (Lipinski definition) is 1. The molecule has 3 aliphatic rings. The summed E-state index contributed by atoms with van der Waals surface area (Å²) in [6.07, 6.45) is 7.34. The van der Waals surface area contributed by atoms with Crippen molar-refractivity contribution in [1.29, 1.82) is 0 Å². The second kappa shape index (κ2) is 8.22. The van der Waals surface area contributed by atoms with Crippen molar-refractivity contribution < 1.29 is 22.3 Å². The lowest BCUT2D eigenvalue weighted by atomic mass is 9.83. The van der Waals surface area contributed by atoms with Gasteiger partial charge in [-0.2, -0.15) is 12.7 Å². The first-order valence-corrected chi connectivity index (χ1v) is 12.1. The molecule has 1 N–H and O–H groups in total. The molecule has 29 heavy (non-hydrogen) atoms. The van der Waals surface area contributed by atoms with E-state index in [1.807, 2.05) is 4.72 Å². The van der Waals surface area contributed by atoms with Gasteiger partial charge in [0, 0.05) is 19.2 Å². The third kappa shape index (κ3) is 4.74. The van der Waals surface area contributed by atoms with Crippen LogP contribution in [0.15, 0.2) is 12.1 Å². The van der Waals surface area contributed by atoms with Crippen LogP contribution in [0.3, 0.4) is 0 Å². The van der Waals surface area contributed by atoms with Crippen LogP contribution >= 0.6 is 0 Å². The van der Waals surface area contributed by atoms with Crippen LogP contribution in [-0.4, -0.2) is 38.3 Å². The summed E-state index contributed by atoms with van der Waals surface area (Å²) in [7, 11) is -3.91. The zero-order valence-corrected chi connectivity index (χ0v) is 17.6. The number of amides is 1. The van der Waals surface area contributed by atoms with Crippen molar-refractivity contribution in [2.24, 2.45) is 11.8 Å². The van der Waals surface area contributed by atoms with Crippen LogP contribution in [0.5, 0.6) is 5.75 Å². The van der Waals surface area contributed by atoms with Crippen LogP contribution in [-0.2, 0) is 10.2 Å². The van der Waals surface area contributed by atoms with Gasteiger partial charge in [0.2, 0.25) is 0 Å². The van der Waals surface area contributed by atoms with Gasteiger partial charge in [0.25, 0.3) is 5.91 Å². The first-order chi connectivity index (χ1) is 13.8. The van der Waals surface area contributed by atoms with Crippen LogP contribution < -0.4 is 9.46 Å². The highest BCUT2D eigenvalue weighted by molar-refractivity contribution is 7.87. The Hall–Kier alpha value is -1.67. The lowest BCUT2D eigenvalue weighted by Crippen LogP contribution is -2.49. The van der Waals surface area contributed by atoms with E-state index in [4.69, 9.17) is 4.74 Å². The molecule has 1 aromatic carbocycles. The first-order valence-electron chi connectivity index (χ1n) is 10.6. The SMILES string of the molecule is C[C@H]1CC[C@H](COc2cc(F)c(C(=O)NS(=O)(=O)N3CCC3)cc2C2CC2)CC1. The monoisotopic (exact) mass is 424 g/mol. The van der Waals surface area contributed by atoms with Crippen molar-refractivity contribution in [2.75, 3.05) is 19.7 Å². The number of rotatable bonds is 7. The van der Waals surface area contributed by atoms with E-state index >= 15 is 0 Å². The van der Waals surface area contributed by atoms with E-state index in [9.17, 15) is 17.6 Å². The molecule has 6 nitrogen and oxygen atoms in total. The number of benzene rings is 1. The fraction of sp³-hybridized carbons (Fsp3) is 0.667. The Morgan fingerprint density at radius 3 is 2.45 bits per heavy atom. The van der Waals surface area contributed by atoms with E-state index < -0.39 is 21.9 Å². The van der Waals surface area contributed by atoms with Crippen molar-refractivity contribution in [3.05, 3.63) is 29.1 Å². The summed E-state index contributed by atoms with van der Waals surface area (Å²) in [5.74, 6) is 0.297. The molecule has 8 heteroatoms. The van der Waals surface area contributed by atoms with E-state index in [-0.39, 0.29) is 11.5 Å². The largest absolute Gasteiger partial charge is 0.493 e. The number of carbonyl (C=O) groups is 1. The van der Waals surface area contributed by atoms with E-state index in [1.165, 1.54) is 29.3 Å². The molecule has 0 atom stereocenters. The van der Waals surface area contributed by atoms with Gasteiger partial charge in [0.1, 0.15) is 11.6 Å². The minimum absolute atomic E-state index is 0.241. The lowest BCUT2D eigenvalue weighted by molar-refractivity contribution is 0.0973. The van der Waals surface area contributed by atoms with Crippen molar-refractivity contribution in [3.8, 4) is 5.75 Å². The van der Waals surface area contributed by atoms with E-state index in [2.05, 4.69) is 6.92 Å². The fourth-order valence-corrected chi connectivity index (χ4v) is 5.26. The summed E-state index contributed by atoms with van der Waals surface area (Å²) in [5, 5.41) is 0. The standard InChI is InChI=1S/C21H29FN2O4S/c1-14-3-5-15(6-4-14)13-28-20-12-19(22)18(11-17(20)16-7-8-16)21(25)23-29(26,27)24-9-2-10-24/h11-12,14-16H,2-10,13H2,1H3,(H,23,25)/t14-,15-. The van der Waals surface area contributed by atoms with Crippen molar-refractivity contribution >= 4 is 16.1 Å². The Balaban J connectivity index is 1.48. The maximum Gasteiger partial charge on any atom is 0.304 e. The zero-order valence-electron chi connectivity index (χ0n) is 16.8. The zero-order chi connectivity index (χ0) is 20.6. The molecule has 2 aliphatic carbocycles. The molecule has 0 radical (unpaired) electrons. The molecule has 4 rings (SSSR count). The van der Waals surface area contributed by atoms with E-state index in [0.29, 0.717) is 31.4 Å². The van der Waals surface area contributed by atoms with Gasteiger partial charge in [-0.15, -0.1) is 0 Å². The fourth-order valence-electron chi connectivity index (χ4n) is 4.05. The molecule has 0 bridgehead atoms. The highest BCUT2D eigenvalue weighted by atomic mass is 32.2. The molecule has 1 saturated heterocycles. The molecule has 1 heterocycles. The minimum Gasteiger partial charge on any atom is -0.493 e. The Kier molecular flexibility index (Phi) is 5.84. The number of ether oxygens (including phenoxy) is 1. The maximum absolute atomic E-state index is 14.7. The maximum atomic E-state index is 14.7. The highest BCUT2D eigenvalue weighted by Crippen LogP contribution is 2.45. The predicted octanol–water partition coefficient (Wildman–Crippen LogP) is 3.59. The summed E-state index contributed by atoms with van der Waals surface area (Å²) in [4.78, 5) is 12.5. The molecule has 1 aromatic rings. The Morgan fingerprint density at radius 1 is 1.17 bits per heavy atom. The van der Waals surface area contributed by atoms with Gasteiger partial charge in [-0.05, 0) is 61.5 Å². The molecule has 0 spiro atoms. The summed E-state index contributed by atoms with van der Waals surface area (Å²) in [5.41, 5.74) is 0.567. The van der Waals surface area contributed by atoms with Gasteiger partial charge < -0.3 is 4.74 Å². The third-order valence-electron chi connectivity index (χ3n) is 6.35. The molecule has 3 fully saturated rings. The molecular weight excluding hydrogens is 395 g/mol. The van der Waals surface area contributed by atoms with Crippen molar-refractivity contribution in [1.82, 2.24) is 9.03 Å². The average Bonchev–Trinajstić information content (AvgIpc) is 3.43. The molecule has 1 aliphatic heterocycles. The van der Waals surface area contributed by atoms with Gasteiger partial charge in [-0.25, -0.2) is 9.11 Å². The van der Waals surface area contributed by atoms with E-state index in [0.717, 1.165) is 43.6 Å². The second-order valence-electron chi connectivity index (χ2n) is 8.77. The quantitative estimate of drug-likeness (QED) is 0.726. The van der Waals surface area contributed by atoms with Crippen molar-refractivity contribution in [3.63, 3.8) is 0 Å². The van der Waals surface area contributed by atoms with Gasteiger partial charge in [0.05, 0.1) is 12.2 Å². The molecular formula is C21H29FN2O4S. The second-order valence-corrected chi connectivity index (χ2v) is 10.4. The smallest absolute Gasteiger partial charge is 0.304 e. The number of nitrogens with zero attached hydrogens (tertiary/aromatic N) is 1. The van der Waals surface area contributed by atoms with Gasteiger partial charge in [0.15, 0.2) is 0 Å². The molecule has 1 amide bonds. The number of halogens is 1. The van der Waals surface area contributed by atoms with Gasteiger partial charge >= 0.3 is 10.2 Å². The number of carbonyl (C=O) groups excluding carboxylic acids is 1. The highest BCUT2D eigenvalue weighted by Gasteiger charge is 2.33. The average molecular weight is 425 g/mol. The van der Waals surface area contributed by atoms with Crippen LogP contribution in [0.25, 0.3) is 0 Å². The number of nitrogens with one attached hydrogen (secondary N) is 1. The summed E-state index contributed by atoms with van der Waals surface area (Å²) < 4.78 is 48.2. The van der Waals surface area contributed by atoms with Crippen LogP contribution in [0.1, 0.15) is 73.7 Å². The van der Waals surface area contributed by atoms with Gasteiger partial charge in [-0.1, -0.05) is 19.8 Å². The molecule has 160 valence electrons. The first kappa shape index (κ1) is 20.6. The Labute approximate surface area is 172 Å². The van der Waals surface area contributed by atoms with Crippen LogP contribution in [0, 0.1) is 17.7 Å². The molecule has 0 unspecified atom stereocenters. The number of hydrogen-bond acceptors (Lipinski definition) is 4. The molecule has 0 aromatic heterocycles. The van der Waals surface area contributed by atoms with Gasteiger partial charge in [-0.3, -0.25) is 4.79 Å². The summed E-state index contributed by atoms with van der Waals surface area (Å²) in [6.45, 7) is 3.58. The third-order valence-corrected chi connectivity index (χ3v) is 7.84. The van der Waals surface area contributed by atoms with Crippen molar-refractivity contribution in [2.45, 2.75) is 57.8 Å². The normalized spacial score (nSPS) is 25.3.